The molecule has 0 spiro atoms. The molecule has 0 saturated carbocycles. The van der Waals surface area contributed by atoms with Gasteiger partial charge in [-0.15, -0.1) is 0 Å². The molecule has 0 aromatic rings. The summed E-state index contributed by atoms with van der Waals surface area (Å²) in [7, 11) is 0. The fraction of sp³-hybridized carbons (Fsp3) is 1.00. The molecule has 0 unspecified atom stereocenters. The lowest BCUT2D eigenvalue weighted by Crippen LogP contribution is -2.19. The molecule has 0 bridgehead atoms. The predicted molar refractivity (Wildman–Crippen MR) is 53.9 cm³/mol. The average molecular weight is 177 g/mol. The minimum atomic E-state index is 0.0535. The van der Waals surface area contributed by atoms with Crippen LogP contribution in [0.5, 0.6) is 0 Å². The first-order valence-corrected chi connectivity index (χ1v) is 4.94. The average Bonchev–Trinajstić information content (AvgIpc) is 1.57. The van der Waals surface area contributed by atoms with Crippen LogP contribution < -0.4 is 0 Å². The SMILES string of the molecule is CC(C)([S])CSC(C)(C)C. The van der Waals surface area contributed by atoms with Crippen molar-refractivity contribution in [3.05, 3.63) is 0 Å². The summed E-state index contributed by atoms with van der Waals surface area (Å²) in [6.07, 6.45) is 0. The highest BCUT2D eigenvalue weighted by Gasteiger charge is 2.18. The van der Waals surface area contributed by atoms with Gasteiger partial charge in [-0.05, 0) is 13.8 Å². The van der Waals surface area contributed by atoms with Gasteiger partial charge in [0, 0.05) is 15.2 Å². The Morgan fingerprint density at radius 3 is 1.60 bits per heavy atom. The molecule has 0 aliphatic carbocycles. The van der Waals surface area contributed by atoms with Gasteiger partial charge in [0.15, 0.2) is 0 Å². The monoisotopic (exact) mass is 177 g/mol. The molecule has 61 valence electrons. The first kappa shape index (κ1) is 10.7. The molecule has 0 saturated heterocycles. The van der Waals surface area contributed by atoms with Crippen molar-refractivity contribution in [3.8, 4) is 0 Å². The van der Waals surface area contributed by atoms with Crippen molar-refractivity contribution < 1.29 is 0 Å². The Morgan fingerprint density at radius 2 is 1.50 bits per heavy atom. The van der Waals surface area contributed by atoms with Crippen molar-refractivity contribution in [1.82, 2.24) is 0 Å². The fourth-order valence-electron chi connectivity index (χ4n) is 0.390. The molecule has 0 aromatic heterocycles. The highest BCUT2D eigenvalue weighted by Crippen LogP contribution is 2.29. The van der Waals surface area contributed by atoms with Crippen LogP contribution in [0.3, 0.4) is 0 Å². The van der Waals surface area contributed by atoms with E-state index in [1.807, 2.05) is 11.8 Å². The Labute approximate surface area is 74.6 Å². The summed E-state index contributed by atoms with van der Waals surface area (Å²) in [6, 6.07) is 0. The largest absolute Gasteiger partial charge is 0.155 e. The van der Waals surface area contributed by atoms with Crippen molar-refractivity contribution in [2.75, 3.05) is 5.75 Å². The third kappa shape index (κ3) is 8.70. The smallest absolute Gasteiger partial charge is 0.0298 e. The van der Waals surface area contributed by atoms with E-state index in [-0.39, 0.29) is 4.75 Å². The molecule has 0 amide bonds. The van der Waals surface area contributed by atoms with Crippen molar-refractivity contribution in [3.63, 3.8) is 0 Å². The molecule has 0 nitrogen and oxygen atoms in total. The maximum atomic E-state index is 5.23. The highest BCUT2D eigenvalue weighted by molar-refractivity contribution is 8.01. The number of thioether (sulfide) groups is 1. The molecular formula is C8H17S2. The Kier molecular flexibility index (Phi) is 3.64. The molecule has 0 atom stereocenters. The van der Waals surface area contributed by atoms with E-state index in [4.69, 9.17) is 12.6 Å². The van der Waals surface area contributed by atoms with Gasteiger partial charge in [-0.2, -0.15) is 11.8 Å². The molecule has 0 aromatic carbocycles. The van der Waals surface area contributed by atoms with E-state index < -0.39 is 0 Å². The van der Waals surface area contributed by atoms with Crippen LogP contribution in [0.1, 0.15) is 34.6 Å². The molecule has 0 N–H and O–H groups in total. The van der Waals surface area contributed by atoms with Gasteiger partial charge in [-0.1, -0.05) is 33.4 Å². The molecule has 10 heavy (non-hydrogen) atoms. The molecule has 1 radical (unpaired) electrons. The summed E-state index contributed by atoms with van der Waals surface area (Å²) in [5, 5.41) is 0. The zero-order valence-corrected chi connectivity index (χ0v) is 9.16. The van der Waals surface area contributed by atoms with E-state index >= 15 is 0 Å². The van der Waals surface area contributed by atoms with Crippen LogP contribution >= 0.6 is 24.4 Å². The summed E-state index contributed by atoms with van der Waals surface area (Å²) in [5.41, 5.74) is 0. The Bertz CT molecular complexity index is 80.8. The number of hydrogen-bond donors (Lipinski definition) is 0. The normalized spacial score (nSPS) is 13.8. The van der Waals surface area contributed by atoms with Gasteiger partial charge >= 0.3 is 0 Å². The third-order valence-electron chi connectivity index (χ3n) is 0.853. The maximum Gasteiger partial charge on any atom is 0.0298 e. The first-order chi connectivity index (χ1) is 4.21. The molecule has 0 aliphatic rings. The first-order valence-electron chi connectivity index (χ1n) is 3.55. The van der Waals surface area contributed by atoms with Crippen molar-refractivity contribution in [2.45, 2.75) is 44.1 Å². The van der Waals surface area contributed by atoms with E-state index in [1.54, 1.807) is 0 Å². The van der Waals surface area contributed by atoms with E-state index in [0.717, 1.165) is 5.75 Å². The van der Waals surface area contributed by atoms with Crippen molar-refractivity contribution in [2.24, 2.45) is 0 Å². The third-order valence-corrected chi connectivity index (χ3v) is 2.91. The quantitative estimate of drug-likeness (QED) is 0.622. The zero-order chi connectivity index (χ0) is 8.41. The van der Waals surface area contributed by atoms with Gasteiger partial charge < -0.3 is 0 Å². The lowest BCUT2D eigenvalue weighted by molar-refractivity contribution is 0.776. The summed E-state index contributed by atoms with van der Waals surface area (Å²) in [6.45, 7) is 10.9. The van der Waals surface area contributed by atoms with Crippen LogP contribution in [-0.2, 0) is 0 Å². The summed E-state index contributed by atoms with van der Waals surface area (Å²) in [4.78, 5) is 0. The lowest BCUT2D eigenvalue weighted by atomic mass is 10.2. The fourth-order valence-corrected chi connectivity index (χ4v) is 1.35. The molecule has 0 fully saturated rings. The highest BCUT2D eigenvalue weighted by atomic mass is 32.2. The van der Waals surface area contributed by atoms with Gasteiger partial charge in [0.1, 0.15) is 0 Å². The minimum Gasteiger partial charge on any atom is -0.155 e. The summed E-state index contributed by atoms with van der Waals surface area (Å²) >= 11 is 7.17. The van der Waals surface area contributed by atoms with Gasteiger partial charge in [-0.3, -0.25) is 0 Å². The molecule has 0 aliphatic heterocycles. The maximum absolute atomic E-state index is 5.23. The van der Waals surface area contributed by atoms with Crippen LogP contribution in [0.4, 0.5) is 0 Å². The van der Waals surface area contributed by atoms with Crippen molar-refractivity contribution >= 4 is 24.4 Å². The van der Waals surface area contributed by atoms with Crippen LogP contribution in [0.15, 0.2) is 0 Å². The van der Waals surface area contributed by atoms with Crippen molar-refractivity contribution in [1.29, 1.82) is 0 Å². The zero-order valence-electron chi connectivity index (χ0n) is 7.52. The van der Waals surface area contributed by atoms with E-state index in [9.17, 15) is 0 Å². The molecule has 0 heterocycles. The second-order valence-corrected chi connectivity index (χ2v) is 7.07. The summed E-state index contributed by atoms with van der Waals surface area (Å²) < 4.78 is 0.411. The van der Waals surface area contributed by atoms with Gasteiger partial charge in [0.2, 0.25) is 0 Å². The standard InChI is InChI=1S/C8H17S2/c1-7(2,3)10-6-8(4,5)9/h6H2,1-5H3. The lowest BCUT2D eigenvalue weighted by Gasteiger charge is -2.23. The minimum absolute atomic E-state index is 0.0535. The van der Waals surface area contributed by atoms with Crippen LogP contribution in [-0.4, -0.2) is 15.2 Å². The Morgan fingerprint density at radius 1 is 1.10 bits per heavy atom. The second kappa shape index (κ2) is 3.40. The van der Waals surface area contributed by atoms with E-state index in [0.29, 0.717) is 4.75 Å². The molecule has 2 heteroatoms. The van der Waals surface area contributed by atoms with Gasteiger partial charge in [-0.25, -0.2) is 0 Å². The Hall–Kier alpha value is 0.700. The number of hydrogen-bond acceptors (Lipinski definition) is 1. The van der Waals surface area contributed by atoms with Crippen LogP contribution in [0.2, 0.25) is 0 Å². The molecular weight excluding hydrogens is 160 g/mol. The van der Waals surface area contributed by atoms with Crippen LogP contribution in [0, 0.1) is 0 Å². The topological polar surface area (TPSA) is 0 Å². The second-order valence-electron chi connectivity index (χ2n) is 4.16. The predicted octanol–water partition coefficient (Wildman–Crippen LogP) is 3.49. The van der Waals surface area contributed by atoms with Gasteiger partial charge in [0.25, 0.3) is 0 Å². The van der Waals surface area contributed by atoms with E-state index in [2.05, 4.69) is 34.6 Å². The number of rotatable bonds is 2. The van der Waals surface area contributed by atoms with Crippen LogP contribution in [0.25, 0.3) is 0 Å². The molecule has 0 rings (SSSR count). The van der Waals surface area contributed by atoms with E-state index in [1.165, 1.54) is 0 Å². The Balaban J connectivity index is 3.56. The summed E-state index contributed by atoms with van der Waals surface area (Å²) in [5.74, 6) is 1.06. The van der Waals surface area contributed by atoms with Gasteiger partial charge in [0.05, 0.1) is 0 Å².